The molecule has 0 unspecified atom stereocenters. The Balaban J connectivity index is 2.44. The van der Waals surface area contributed by atoms with Crippen molar-refractivity contribution in [3.8, 4) is 0 Å². The van der Waals surface area contributed by atoms with Crippen molar-refractivity contribution < 1.29 is 0 Å². The third-order valence-corrected chi connectivity index (χ3v) is 4.01. The zero-order valence-electron chi connectivity index (χ0n) is 9.76. The molecule has 1 rings (SSSR count). The second-order valence-corrected chi connectivity index (χ2v) is 5.70. The first-order chi connectivity index (χ1) is 6.57. The highest BCUT2D eigenvalue weighted by Gasteiger charge is 2.23. The molecule has 1 aliphatic rings. The Labute approximate surface area is 92.0 Å². The average Bonchev–Trinajstić information content (AvgIpc) is 2.16. The summed E-state index contributed by atoms with van der Waals surface area (Å²) >= 11 is 1.87. The van der Waals surface area contributed by atoms with Crippen LogP contribution in [0.1, 0.15) is 40.5 Å². The van der Waals surface area contributed by atoms with Crippen molar-refractivity contribution in [1.29, 1.82) is 0 Å². The zero-order valence-corrected chi connectivity index (χ0v) is 10.6. The summed E-state index contributed by atoms with van der Waals surface area (Å²) in [5, 5.41) is 4.66. The van der Waals surface area contributed by atoms with Gasteiger partial charge in [0, 0.05) is 18.3 Å². The van der Waals surface area contributed by atoms with Crippen LogP contribution in [0.2, 0.25) is 0 Å². The van der Waals surface area contributed by atoms with Crippen LogP contribution < -0.4 is 5.32 Å². The molecule has 1 N–H and O–H groups in total. The van der Waals surface area contributed by atoms with Crippen molar-refractivity contribution in [3.05, 3.63) is 0 Å². The van der Waals surface area contributed by atoms with Gasteiger partial charge in [0.15, 0.2) is 5.17 Å². The number of hydrogen-bond acceptors (Lipinski definition) is 3. The Kier molecular flexibility index (Phi) is 4.30. The van der Waals surface area contributed by atoms with E-state index in [4.69, 9.17) is 0 Å². The van der Waals surface area contributed by atoms with Crippen molar-refractivity contribution in [3.63, 3.8) is 0 Å². The van der Waals surface area contributed by atoms with Crippen molar-refractivity contribution in [1.82, 2.24) is 5.32 Å². The maximum atomic E-state index is 4.59. The standard InChI is InChI=1S/C11H22N2S/c1-5-9(6-2)13-10-12-7-11(3,4)8-14-10/h9H,5-8H2,1-4H3,(H,12,13). The molecule has 2 nitrogen and oxygen atoms in total. The van der Waals surface area contributed by atoms with Crippen molar-refractivity contribution >= 4 is 16.9 Å². The van der Waals surface area contributed by atoms with Gasteiger partial charge in [0.05, 0.1) is 0 Å². The Bertz CT molecular complexity index is 207. The van der Waals surface area contributed by atoms with Crippen LogP contribution in [0.15, 0.2) is 4.99 Å². The molecule has 1 heterocycles. The molecule has 0 spiro atoms. The summed E-state index contributed by atoms with van der Waals surface area (Å²) < 4.78 is 0. The van der Waals surface area contributed by atoms with E-state index in [0.717, 1.165) is 11.7 Å². The van der Waals surface area contributed by atoms with E-state index >= 15 is 0 Å². The minimum atomic E-state index is 0.379. The lowest BCUT2D eigenvalue weighted by Gasteiger charge is -2.28. The van der Waals surface area contributed by atoms with Gasteiger partial charge < -0.3 is 5.32 Å². The van der Waals surface area contributed by atoms with Crippen molar-refractivity contribution in [2.24, 2.45) is 10.4 Å². The summed E-state index contributed by atoms with van der Waals surface area (Å²) in [5.41, 5.74) is 0.379. The normalized spacial score (nSPS) is 20.8. The number of nitrogens with one attached hydrogen (secondary N) is 1. The van der Waals surface area contributed by atoms with E-state index in [-0.39, 0.29) is 0 Å². The van der Waals surface area contributed by atoms with Crippen LogP contribution in [-0.4, -0.2) is 23.5 Å². The van der Waals surface area contributed by atoms with E-state index < -0.39 is 0 Å². The van der Waals surface area contributed by atoms with Gasteiger partial charge in [0.25, 0.3) is 0 Å². The molecular formula is C11H22N2S. The maximum Gasteiger partial charge on any atom is 0.156 e. The van der Waals surface area contributed by atoms with E-state index in [1.807, 2.05) is 11.8 Å². The van der Waals surface area contributed by atoms with Gasteiger partial charge in [-0.25, -0.2) is 0 Å². The van der Waals surface area contributed by atoms with E-state index in [1.165, 1.54) is 18.6 Å². The topological polar surface area (TPSA) is 24.4 Å². The molecular weight excluding hydrogens is 192 g/mol. The number of nitrogens with zero attached hydrogens (tertiary/aromatic N) is 1. The molecule has 1 aliphatic heterocycles. The van der Waals surface area contributed by atoms with Crippen LogP contribution in [0, 0.1) is 5.41 Å². The summed E-state index contributed by atoms with van der Waals surface area (Å²) in [5.74, 6) is 1.18. The molecule has 3 heteroatoms. The summed E-state index contributed by atoms with van der Waals surface area (Å²) in [6, 6.07) is 0.600. The molecule has 0 amide bonds. The fraction of sp³-hybridized carbons (Fsp3) is 0.909. The minimum Gasteiger partial charge on any atom is -0.362 e. The fourth-order valence-electron chi connectivity index (χ4n) is 1.40. The van der Waals surface area contributed by atoms with Crippen LogP contribution >= 0.6 is 11.8 Å². The molecule has 0 aromatic carbocycles. The van der Waals surface area contributed by atoms with Gasteiger partial charge in [-0.2, -0.15) is 0 Å². The van der Waals surface area contributed by atoms with Gasteiger partial charge in [0.1, 0.15) is 0 Å². The molecule has 0 radical (unpaired) electrons. The van der Waals surface area contributed by atoms with Crippen LogP contribution in [0.4, 0.5) is 0 Å². The highest BCUT2D eigenvalue weighted by Crippen LogP contribution is 2.27. The minimum absolute atomic E-state index is 0.379. The smallest absolute Gasteiger partial charge is 0.156 e. The number of rotatable bonds is 3. The van der Waals surface area contributed by atoms with Crippen molar-refractivity contribution in [2.45, 2.75) is 46.6 Å². The maximum absolute atomic E-state index is 4.59. The van der Waals surface area contributed by atoms with Gasteiger partial charge in [0.2, 0.25) is 0 Å². The zero-order chi connectivity index (χ0) is 10.6. The molecule has 0 aromatic rings. The lowest BCUT2D eigenvalue weighted by atomic mass is 9.97. The number of hydrogen-bond donors (Lipinski definition) is 1. The van der Waals surface area contributed by atoms with Crippen LogP contribution in [0.25, 0.3) is 0 Å². The fourth-order valence-corrected chi connectivity index (χ4v) is 2.42. The molecule has 0 saturated heterocycles. The van der Waals surface area contributed by atoms with Gasteiger partial charge in [-0.3, -0.25) is 4.99 Å². The third kappa shape index (κ3) is 3.52. The third-order valence-electron chi connectivity index (χ3n) is 2.56. The summed E-state index contributed by atoms with van der Waals surface area (Å²) in [4.78, 5) is 4.59. The second-order valence-electron chi connectivity index (χ2n) is 4.73. The lowest BCUT2D eigenvalue weighted by Crippen LogP contribution is -2.36. The number of thioether (sulfide) groups is 1. The number of aliphatic imine (C=N–C) groups is 1. The first-order valence-electron chi connectivity index (χ1n) is 5.51. The van der Waals surface area contributed by atoms with Crippen LogP contribution in [-0.2, 0) is 0 Å². The average molecular weight is 214 g/mol. The van der Waals surface area contributed by atoms with Gasteiger partial charge in [-0.05, 0) is 18.3 Å². The van der Waals surface area contributed by atoms with Crippen LogP contribution in [0.5, 0.6) is 0 Å². The molecule has 0 atom stereocenters. The van der Waals surface area contributed by atoms with Gasteiger partial charge in [-0.15, -0.1) is 0 Å². The first kappa shape index (κ1) is 11.9. The lowest BCUT2D eigenvalue weighted by molar-refractivity contribution is 0.435. The Morgan fingerprint density at radius 2 is 2.07 bits per heavy atom. The van der Waals surface area contributed by atoms with E-state index in [2.05, 4.69) is 38.0 Å². The van der Waals surface area contributed by atoms with Gasteiger partial charge in [-0.1, -0.05) is 39.5 Å². The van der Waals surface area contributed by atoms with Gasteiger partial charge >= 0.3 is 0 Å². The first-order valence-corrected chi connectivity index (χ1v) is 6.49. The van der Waals surface area contributed by atoms with E-state index in [0.29, 0.717) is 11.5 Å². The molecule has 0 saturated carbocycles. The van der Waals surface area contributed by atoms with E-state index in [9.17, 15) is 0 Å². The SMILES string of the molecule is CCC(CC)NC1=NCC(C)(C)CS1. The second kappa shape index (κ2) is 5.06. The Morgan fingerprint density at radius 1 is 1.43 bits per heavy atom. The molecule has 0 bridgehead atoms. The number of amidine groups is 1. The highest BCUT2D eigenvalue weighted by atomic mass is 32.2. The summed E-state index contributed by atoms with van der Waals surface area (Å²) in [7, 11) is 0. The Morgan fingerprint density at radius 3 is 2.50 bits per heavy atom. The predicted octanol–water partition coefficient (Wildman–Crippen LogP) is 2.89. The largest absolute Gasteiger partial charge is 0.362 e. The monoisotopic (exact) mass is 214 g/mol. The predicted molar refractivity (Wildman–Crippen MR) is 66.0 cm³/mol. The summed E-state index contributed by atoms with van der Waals surface area (Å²) in [6.45, 7) is 9.95. The van der Waals surface area contributed by atoms with Crippen LogP contribution in [0.3, 0.4) is 0 Å². The quantitative estimate of drug-likeness (QED) is 0.781. The molecule has 0 fully saturated rings. The summed E-state index contributed by atoms with van der Waals surface area (Å²) in [6.07, 6.45) is 2.36. The van der Waals surface area contributed by atoms with Crippen molar-refractivity contribution in [2.75, 3.05) is 12.3 Å². The molecule has 82 valence electrons. The van der Waals surface area contributed by atoms with E-state index in [1.54, 1.807) is 0 Å². The molecule has 0 aromatic heterocycles. The molecule has 0 aliphatic carbocycles. The molecule has 14 heavy (non-hydrogen) atoms. The highest BCUT2D eigenvalue weighted by molar-refractivity contribution is 8.13. The Hall–Kier alpha value is -0.180.